The number of anilines is 2. The maximum absolute atomic E-state index is 5.48. The molecule has 2 rings (SSSR count). The molecule has 0 aromatic carbocycles. The van der Waals surface area contributed by atoms with E-state index in [1.807, 2.05) is 0 Å². The maximum Gasteiger partial charge on any atom is 0.240 e. The Morgan fingerprint density at radius 2 is 1.33 bits per heavy atom. The zero-order chi connectivity index (χ0) is 10.7. The molecule has 0 aliphatic rings. The minimum Gasteiger partial charge on any atom is -0.367 e. The van der Waals surface area contributed by atoms with Crippen LogP contribution in [0, 0.1) is 0 Å². The number of nitrogens with zero attached hydrogens (tertiary/aromatic N) is 8. The Kier molecular flexibility index (Phi) is 2.39. The Morgan fingerprint density at radius 3 is 1.67 bits per heavy atom. The summed E-state index contributed by atoms with van der Waals surface area (Å²) < 4.78 is 3.00. The van der Waals surface area contributed by atoms with Gasteiger partial charge in [0.05, 0.1) is 0 Å². The van der Waals surface area contributed by atoms with Gasteiger partial charge in [0, 0.05) is 13.1 Å². The number of aryl methyl sites for hydroxylation is 2. The second-order valence-corrected chi connectivity index (χ2v) is 2.87. The van der Waals surface area contributed by atoms with Gasteiger partial charge < -0.3 is 11.5 Å². The van der Waals surface area contributed by atoms with Crippen LogP contribution in [0.3, 0.4) is 0 Å². The van der Waals surface area contributed by atoms with Gasteiger partial charge in [-0.1, -0.05) is 10.2 Å². The molecule has 2 aromatic heterocycles. The smallest absolute Gasteiger partial charge is 0.240 e. The molecular weight excluding hydrogens is 200 g/mol. The first-order chi connectivity index (χ1) is 7.27. The lowest BCUT2D eigenvalue weighted by atomic mass is 10.4. The third kappa shape index (κ3) is 1.98. The van der Waals surface area contributed by atoms with Crippen molar-refractivity contribution in [3.05, 3.63) is 0 Å². The van der Waals surface area contributed by atoms with Crippen molar-refractivity contribution in [2.75, 3.05) is 11.5 Å². The van der Waals surface area contributed by atoms with Crippen molar-refractivity contribution < 1.29 is 0 Å². The lowest BCUT2D eigenvalue weighted by Gasteiger charge is -2.01. The quantitative estimate of drug-likeness (QED) is 0.585. The molecule has 0 aliphatic carbocycles. The molecule has 2 aromatic rings. The van der Waals surface area contributed by atoms with Gasteiger partial charge >= 0.3 is 0 Å². The van der Waals surface area contributed by atoms with Crippen molar-refractivity contribution in [2.24, 2.45) is 0 Å². The van der Waals surface area contributed by atoms with Gasteiger partial charge in [-0.05, 0) is 27.3 Å². The van der Waals surface area contributed by atoms with E-state index in [9.17, 15) is 0 Å². The Morgan fingerprint density at radius 1 is 0.867 bits per heavy atom. The average Bonchev–Trinajstić information content (AvgIpc) is 2.78. The second kappa shape index (κ2) is 3.86. The van der Waals surface area contributed by atoms with Gasteiger partial charge in [0.25, 0.3) is 0 Å². The first-order valence-corrected chi connectivity index (χ1v) is 4.30. The van der Waals surface area contributed by atoms with E-state index in [4.69, 9.17) is 11.5 Å². The molecule has 15 heavy (non-hydrogen) atoms. The van der Waals surface area contributed by atoms with Gasteiger partial charge in [0.15, 0.2) is 0 Å². The minimum atomic E-state index is 0.291. The fourth-order valence-electron chi connectivity index (χ4n) is 1.11. The SMILES string of the molecule is Nc1nnnn1CCCn1nnnc1N. The van der Waals surface area contributed by atoms with Crippen molar-refractivity contribution in [3.63, 3.8) is 0 Å². The Balaban J connectivity index is 1.86. The van der Waals surface area contributed by atoms with Crippen LogP contribution < -0.4 is 11.5 Å². The summed E-state index contributed by atoms with van der Waals surface area (Å²) in [4.78, 5) is 0. The van der Waals surface area contributed by atoms with E-state index in [0.717, 1.165) is 6.42 Å². The van der Waals surface area contributed by atoms with E-state index in [1.54, 1.807) is 0 Å². The highest BCUT2D eigenvalue weighted by Gasteiger charge is 2.03. The fraction of sp³-hybridized carbons (Fsp3) is 0.600. The van der Waals surface area contributed by atoms with E-state index in [1.165, 1.54) is 9.36 Å². The van der Waals surface area contributed by atoms with Crippen molar-refractivity contribution in [3.8, 4) is 0 Å². The molecule has 10 heteroatoms. The standard InChI is InChI=1S/C5H10N10/c6-4-8-10-12-14(4)2-1-3-15-5(7)9-11-13-15/h1-3H2,(H2,6,8,12)(H2,7,9,13). The lowest BCUT2D eigenvalue weighted by molar-refractivity contribution is 0.491. The number of nitrogens with two attached hydrogens (primary N) is 2. The molecule has 0 atom stereocenters. The predicted octanol–water partition coefficient (Wildman–Crippen LogP) is -2.09. The zero-order valence-corrected chi connectivity index (χ0v) is 7.85. The third-order valence-corrected chi connectivity index (χ3v) is 1.86. The van der Waals surface area contributed by atoms with E-state index in [-0.39, 0.29) is 0 Å². The van der Waals surface area contributed by atoms with Crippen molar-refractivity contribution >= 4 is 11.9 Å². The molecule has 0 amide bonds. The molecule has 80 valence electrons. The summed E-state index contributed by atoms with van der Waals surface area (Å²) in [6.45, 7) is 1.19. The Bertz CT molecular complexity index is 388. The average molecular weight is 210 g/mol. The van der Waals surface area contributed by atoms with Gasteiger partial charge in [0.1, 0.15) is 0 Å². The lowest BCUT2D eigenvalue weighted by Crippen LogP contribution is -2.10. The summed E-state index contributed by atoms with van der Waals surface area (Å²) in [5.74, 6) is 0.583. The first kappa shape index (κ1) is 9.30. The highest BCUT2D eigenvalue weighted by Crippen LogP contribution is 1.98. The van der Waals surface area contributed by atoms with Crippen LogP contribution in [0.5, 0.6) is 0 Å². The molecule has 0 saturated carbocycles. The molecule has 0 radical (unpaired) electrons. The molecule has 0 bridgehead atoms. The van der Waals surface area contributed by atoms with Crippen LogP contribution in [0.4, 0.5) is 11.9 Å². The maximum atomic E-state index is 5.48. The number of nitrogen functional groups attached to an aromatic ring is 2. The zero-order valence-electron chi connectivity index (χ0n) is 7.85. The Hall–Kier alpha value is -2.26. The predicted molar refractivity (Wildman–Crippen MR) is 49.1 cm³/mol. The summed E-state index contributed by atoms with van der Waals surface area (Å²) in [6.07, 6.45) is 0.741. The molecule has 2 heterocycles. The molecule has 0 spiro atoms. The van der Waals surface area contributed by atoms with Crippen LogP contribution in [-0.4, -0.2) is 40.4 Å². The summed E-state index contributed by atoms with van der Waals surface area (Å²) >= 11 is 0. The fourth-order valence-corrected chi connectivity index (χ4v) is 1.11. The number of hydrogen-bond donors (Lipinski definition) is 2. The topological polar surface area (TPSA) is 139 Å². The molecular formula is C5H10N10. The Labute approximate surface area is 84.2 Å². The van der Waals surface area contributed by atoms with Crippen LogP contribution in [0.1, 0.15) is 6.42 Å². The van der Waals surface area contributed by atoms with E-state index in [2.05, 4.69) is 31.1 Å². The molecule has 0 unspecified atom stereocenters. The van der Waals surface area contributed by atoms with Crippen LogP contribution in [0.25, 0.3) is 0 Å². The summed E-state index contributed by atoms with van der Waals surface area (Å²) in [5, 5.41) is 21.3. The van der Waals surface area contributed by atoms with Crippen molar-refractivity contribution in [2.45, 2.75) is 19.5 Å². The van der Waals surface area contributed by atoms with Crippen LogP contribution in [0.2, 0.25) is 0 Å². The third-order valence-electron chi connectivity index (χ3n) is 1.86. The van der Waals surface area contributed by atoms with Gasteiger partial charge in [-0.2, -0.15) is 0 Å². The minimum absolute atomic E-state index is 0.291. The molecule has 0 aliphatic heterocycles. The second-order valence-electron chi connectivity index (χ2n) is 2.87. The molecule has 0 saturated heterocycles. The molecule has 4 N–H and O–H groups in total. The highest BCUT2D eigenvalue weighted by atomic mass is 15.6. The molecule has 0 fully saturated rings. The summed E-state index contributed by atoms with van der Waals surface area (Å²) in [5.41, 5.74) is 11.0. The van der Waals surface area contributed by atoms with Crippen LogP contribution in [0.15, 0.2) is 0 Å². The normalized spacial score (nSPS) is 10.7. The van der Waals surface area contributed by atoms with Crippen LogP contribution >= 0.6 is 0 Å². The van der Waals surface area contributed by atoms with Crippen molar-refractivity contribution in [1.82, 2.24) is 40.4 Å². The number of tetrazole rings is 2. The first-order valence-electron chi connectivity index (χ1n) is 4.30. The van der Waals surface area contributed by atoms with Crippen molar-refractivity contribution in [1.29, 1.82) is 0 Å². The largest absolute Gasteiger partial charge is 0.367 e. The van der Waals surface area contributed by atoms with Gasteiger partial charge in [-0.15, -0.1) is 0 Å². The summed E-state index contributed by atoms with van der Waals surface area (Å²) in [6, 6.07) is 0. The van der Waals surface area contributed by atoms with Gasteiger partial charge in [-0.3, -0.25) is 0 Å². The highest BCUT2D eigenvalue weighted by molar-refractivity contribution is 5.10. The summed E-state index contributed by atoms with van der Waals surface area (Å²) in [7, 11) is 0. The monoisotopic (exact) mass is 210 g/mol. The van der Waals surface area contributed by atoms with Gasteiger partial charge in [0.2, 0.25) is 11.9 Å². The van der Waals surface area contributed by atoms with Gasteiger partial charge in [-0.25, -0.2) is 9.36 Å². The van der Waals surface area contributed by atoms with E-state index >= 15 is 0 Å². The number of aromatic nitrogens is 8. The van der Waals surface area contributed by atoms with E-state index < -0.39 is 0 Å². The number of rotatable bonds is 4. The number of hydrogen-bond acceptors (Lipinski definition) is 8. The molecule has 10 nitrogen and oxygen atoms in total. The van der Waals surface area contributed by atoms with E-state index in [0.29, 0.717) is 25.0 Å². The van der Waals surface area contributed by atoms with Crippen LogP contribution in [-0.2, 0) is 13.1 Å².